The van der Waals surface area contributed by atoms with E-state index >= 15 is 0 Å². The summed E-state index contributed by atoms with van der Waals surface area (Å²) in [5, 5.41) is 8.69. The van der Waals surface area contributed by atoms with Gasteiger partial charge in [0.15, 0.2) is 0 Å². The Kier molecular flexibility index (Phi) is 6.72. The van der Waals surface area contributed by atoms with Crippen LogP contribution in [0, 0.1) is 0 Å². The fraction of sp³-hybridized carbons (Fsp3) is 0.600. The lowest BCUT2D eigenvalue weighted by Crippen LogP contribution is -2.14. The molecule has 1 atom stereocenters. The van der Waals surface area contributed by atoms with Gasteiger partial charge in [-0.25, -0.2) is 0 Å². The average Bonchev–Trinajstić information content (AvgIpc) is 2.01. The van der Waals surface area contributed by atoms with Crippen molar-refractivity contribution in [1.29, 1.82) is 0 Å². The second kappa shape index (κ2) is 7.07. The molecule has 1 unspecified atom stereocenters. The van der Waals surface area contributed by atoms with Gasteiger partial charge >= 0.3 is 0 Å². The molecule has 2 heteroatoms. The van der Waals surface area contributed by atoms with E-state index in [-0.39, 0.29) is 12.7 Å². The molecule has 0 aromatic carbocycles. The van der Waals surface area contributed by atoms with Crippen LogP contribution in [0.3, 0.4) is 0 Å². The first-order valence-corrected chi connectivity index (χ1v) is 4.18. The van der Waals surface area contributed by atoms with Gasteiger partial charge in [-0.1, -0.05) is 18.2 Å². The highest BCUT2D eigenvalue weighted by Gasteiger charge is 2.05. The van der Waals surface area contributed by atoms with Crippen LogP contribution in [0.15, 0.2) is 24.8 Å². The molecule has 0 aliphatic carbocycles. The van der Waals surface area contributed by atoms with Gasteiger partial charge in [-0.05, 0) is 19.8 Å². The summed E-state index contributed by atoms with van der Waals surface area (Å²) in [6.45, 7) is 10.0. The SMILES string of the molecule is C=CCC(CCO)OCC(=C)C. The van der Waals surface area contributed by atoms with Crippen molar-refractivity contribution in [2.75, 3.05) is 13.2 Å². The summed E-state index contributed by atoms with van der Waals surface area (Å²) in [6.07, 6.45) is 3.34. The molecule has 0 amide bonds. The summed E-state index contributed by atoms with van der Waals surface area (Å²) in [6, 6.07) is 0. The van der Waals surface area contributed by atoms with Crippen LogP contribution in [-0.4, -0.2) is 24.4 Å². The third-order valence-electron chi connectivity index (χ3n) is 1.45. The summed E-state index contributed by atoms with van der Waals surface area (Å²) in [7, 11) is 0. The first-order valence-electron chi connectivity index (χ1n) is 4.18. The zero-order valence-corrected chi connectivity index (χ0v) is 7.75. The van der Waals surface area contributed by atoms with Crippen LogP contribution in [0.2, 0.25) is 0 Å². The number of aliphatic hydroxyl groups excluding tert-OH is 1. The van der Waals surface area contributed by atoms with E-state index < -0.39 is 0 Å². The largest absolute Gasteiger partial charge is 0.396 e. The fourth-order valence-electron chi connectivity index (χ4n) is 0.859. The lowest BCUT2D eigenvalue weighted by Gasteiger charge is -2.14. The molecule has 0 aliphatic rings. The molecule has 0 radical (unpaired) electrons. The van der Waals surface area contributed by atoms with Crippen LogP contribution in [-0.2, 0) is 4.74 Å². The number of rotatable bonds is 7. The first-order chi connectivity index (χ1) is 5.70. The minimum atomic E-state index is 0.0872. The van der Waals surface area contributed by atoms with Crippen molar-refractivity contribution in [2.24, 2.45) is 0 Å². The highest BCUT2D eigenvalue weighted by atomic mass is 16.5. The Hall–Kier alpha value is -0.600. The van der Waals surface area contributed by atoms with E-state index in [2.05, 4.69) is 13.2 Å². The van der Waals surface area contributed by atoms with Crippen LogP contribution in [0.5, 0.6) is 0 Å². The molecule has 0 saturated heterocycles. The lowest BCUT2D eigenvalue weighted by atomic mass is 10.2. The summed E-state index contributed by atoms with van der Waals surface area (Å²) >= 11 is 0. The summed E-state index contributed by atoms with van der Waals surface area (Å²) in [5.74, 6) is 0. The molecule has 0 rings (SSSR count). The van der Waals surface area contributed by atoms with Gasteiger partial charge in [0.2, 0.25) is 0 Å². The molecular weight excluding hydrogens is 152 g/mol. The van der Waals surface area contributed by atoms with E-state index in [9.17, 15) is 0 Å². The minimum Gasteiger partial charge on any atom is -0.396 e. The van der Waals surface area contributed by atoms with Crippen molar-refractivity contribution in [3.8, 4) is 0 Å². The summed E-state index contributed by atoms with van der Waals surface area (Å²) < 4.78 is 5.45. The third kappa shape index (κ3) is 6.13. The van der Waals surface area contributed by atoms with Gasteiger partial charge in [0, 0.05) is 6.61 Å². The first kappa shape index (κ1) is 11.4. The van der Waals surface area contributed by atoms with Crippen molar-refractivity contribution in [3.05, 3.63) is 24.8 Å². The highest BCUT2D eigenvalue weighted by Crippen LogP contribution is 2.05. The molecular formula is C10H18O2. The fourth-order valence-corrected chi connectivity index (χ4v) is 0.859. The minimum absolute atomic E-state index is 0.0872. The quantitative estimate of drug-likeness (QED) is 0.591. The average molecular weight is 170 g/mol. The number of hydrogen-bond acceptors (Lipinski definition) is 2. The maximum Gasteiger partial charge on any atom is 0.0675 e. The Morgan fingerprint density at radius 3 is 2.75 bits per heavy atom. The van der Waals surface area contributed by atoms with Gasteiger partial charge in [-0.3, -0.25) is 0 Å². The van der Waals surface area contributed by atoms with E-state index in [0.29, 0.717) is 13.0 Å². The van der Waals surface area contributed by atoms with Crippen LogP contribution in [0.4, 0.5) is 0 Å². The van der Waals surface area contributed by atoms with Gasteiger partial charge in [0.1, 0.15) is 0 Å². The molecule has 1 N–H and O–H groups in total. The van der Waals surface area contributed by atoms with Crippen molar-refractivity contribution >= 4 is 0 Å². The topological polar surface area (TPSA) is 29.5 Å². The summed E-state index contributed by atoms with van der Waals surface area (Å²) in [4.78, 5) is 0. The lowest BCUT2D eigenvalue weighted by molar-refractivity contribution is 0.0522. The number of ether oxygens (including phenoxy) is 1. The molecule has 0 aliphatic heterocycles. The van der Waals surface area contributed by atoms with Gasteiger partial charge in [-0.15, -0.1) is 6.58 Å². The maximum atomic E-state index is 8.69. The molecule has 2 nitrogen and oxygen atoms in total. The normalized spacial score (nSPS) is 12.5. The van der Waals surface area contributed by atoms with Crippen molar-refractivity contribution in [3.63, 3.8) is 0 Å². The molecule has 0 heterocycles. The van der Waals surface area contributed by atoms with Gasteiger partial charge < -0.3 is 9.84 Å². The van der Waals surface area contributed by atoms with Crippen molar-refractivity contribution < 1.29 is 9.84 Å². The molecule has 0 aromatic rings. The van der Waals surface area contributed by atoms with Crippen LogP contribution >= 0.6 is 0 Å². The second-order valence-corrected chi connectivity index (χ2v) is 2.93. The second-order valence-electron chi connectivity index (χ2n) is 2.93. The predicted octanol–water partition coefficient (Wildman–Crippen LogP) is 1.91. The Bertz CT molecular complexity index is 141. The summed E-state index contributed by atoms with van der Waals surface area (Å²) in [5.41, 5.74) is 1.00. The molecule has 0 aromatic heterocycles. The molecule has 0 spiro atoms. The van der Waals surface area contributed by atoms with Crippen LogP contribution in [0.25, 0.3) is 0 Å². The van der Waals surface area contributed by atoms with Crippen LogP contribution in [0.1, 0.15) is 19.8 Å². The predicted molar refractivity (Wildman–Crippen MR) is 51.1 cm³/mol. The zero-order valence-electron chi connectivity index (χ0n) is 7.75. The van der Waals surface area contributed by atoms with Crippen molar-refractivity contribution in [1.82, 2.24) is 0 Å². The molecule has 70 valence electrons. The van der Waals surface area contributed by atoms with Gasteiger partial charge in [-0.2, -0.15) is 0 Å². The van der Waals surface area contributed by atoms with E-state index in [0.717, 1.165) is 12.0 Å². The smallest absolute Gasteiger partial charge is 0.0675 e. The molecule has 0 bridgehead atoms. The van der Waals surface area contributed by atoms with E-state index in [1.165, 1.54) is 0 Å². The van der Waals surface area contributed by atoms with Gasteiger partial charge in [0.05, 0.1) is 12.7 Å². The van der Waals surface area contributed by atoms with E-state index in [1.54, 1.807) is 6.08 Å². The molecule has 0 saturated carbocycles. The zero-order chi connectivity index (χ0) is 9.40. The van der Waals surface area contributed by atoms with Crippen LogP contribution < -0.4 is 0 Å². The monoisotopic (exact) mass is 170 g/mol. The third-order valence-corrected chi connectivity index (χ3v) is 1.45. The molecule has 12 heavy (non-hydrogen) atoms. The number of hydrogen-bond donors (Lipinski definition) is 1. The maximum absolute atomic E-state index is 8.69. The Labute approximate surface area is 74.6 Å². The molecule has 0 fully saturated rings. The van der Waals surface area contributed by atoms with Gasteiger partial charge in [0.25, 0.3) is 0 Å². The Morgan fingerprint density at radius 2 is 2.33 bits per heavy atom. The highest BCUT2D eigenvalue weighted by molar-refractivity contribution is 4.88. The standard InChI is InChI=1S/C10H18O2/c1-4-5-10(6-7-11)12-8-9(2)3/h4,10-11H,1-2,5-8H2,3H3. The van der Waals surface area contributed by atoms with E-state index in [4.69, 9.17) is 9.84 Å². The van der Waals surface area contributed by atoms with Crippen molar-refractivity contribution in [2.45, 2.75) is 25.9 Å². The Morgan fingerprint density at radius 1 is 1.67 bits per heavy atom. The number of aliphatic hydroxyl groups is 1. The van der Waals surface area contributed by atoms with E-state index in [1.807, 2.05) is 6.92 Å². The Balaban J connectivity index is 3.61.